The Morgan fingerprint density at radius 1 is 1.26 bits per heavy atom. The fraction of sp³-hybridized carbons (Fsp3) is 0.267. The maximum Gasteiger partial charge on any atom is 0.0465 e. The van der Waals surface area contributed by atoms with E-state index >= 15 is 0 Å². The lowest BCUT2D eigenvalue weighted by Gasteiger charge is -2.20. The van der Waals surface area contributed by atoms with Crippen molar-refractivity contribution >= 4 is 27.5 Å². The van der Waals surface area contributed by atoms with Gasteiger partial charge in [0.05, 0.1) is 0 Å². The number of rotatable bonds is 5. The molecule has 19 heavy (non-hydrogen) atoms. The summed E-state index contributed by atoms with van der Waals surface area (Å²) in [6.07, 6.45) is 4.54. The Morgan fingerprint density at radius 2 is 2.00 bits per heavy atom. The van der Waals surface area contributed by atoms with Gasteiger partial charge in [-0.3, -0.25) is 4.98 Å². The molecule has 1 unspecified atom stereocenters. The maximum atomic E-state index is 6.34. The minimum atomic E-state index is 0.216. The molecule has 0 spiro atoms. The summed E-state index contributed by atoms with van der Waals surface area (Å²) in [6, 6.07) is 10.3. The van der Waals surface area contributed by atoms with Gasteiger partial charge in [0, 0.05) is 27.9 Å². The lowest BCUT2D eigenvalue weighted by Crippen LogP contribution is -2.23. The molecule has 0 aliphatic rings. The Bertz CT molecular complexity index is 531. The molecule has 100 valence electrons. The molecule has 1 aromatic heterocycles. The standard InChI is InChI=1S/C15H16BrClN2/c1-2-19-15(9-11-5-7-18-8-6-11)13-4-3-12(16)10-14(13)17/h3-8,10,15,19H,2,9H2,1H3. The van der Waals surface area contributed by atoms with Crippen molar-refractivity contribution in [1.82, 2.24) is 10.3 Å². The predicted octanol–water partition coefficient (Wildman–Crippen LogP) is 4.39. The molecule has 1 atom stereocenters. The molecule has 1 N–H and O–H groups in total. The second kappa shape index (κ2) is 7.04. The zero-order valence-corrected chi connectivity index (χ0v) is 13.1. The van der Waals surface area contributed by atoms with Gasteiger partial charge in [-0.15, -0.1) is 0 Å². The van der Waals surface area contributed by atoms with Crippen molar-refractivity contribution in [3.8, 4) is 0 Å². The van der Waals surface area contributed by atoms with Crippen LogP contribution in [0.2, 0.25) is 5.02 Å². The number of hydrogen-bond donors (Lipinski definition) is 1. The van der Waals surface area contributed by atoms with E-state index in [0.29, 0.717) is 0 Å². The summed E-state index contributed by atoms with van der Waals surface area (Å²) in [5, 5.41) is 4.27. The zero-order chi connectivity index (χ0) is 13.7. The van der Waals surface area contributed by atoms with E-state index in [9.17, 15) is 0 Å². The molecule has 1 aromatic carbocycles. The van der Waals surface area contributed by atoms with Gasteiger partial charge in [0.1, 0.15) is 0 Å². The van der Waals surface area contributed by atoms with E-state index in [1.807, 2.05) is 36.7 Å². The van der Waals surface area contributed by atoms with Crippen LogP contribution in [0.5, 0.6) is 0 Å². The molecule has 4 heteroatoms. The monoisotopic (exact) mass is 338 g/mol. The number of halogens is 2. The van der Waals surface area contributed by atoms with E-state index in [0.717, 1.165) is 28.0 Å². The molecule has 0 radical (unpaired) electrons. The van der Waals surface area contributed by atoms with Crippen LogP contribution in [0.1, 0.15) is 24.1 Å². The van der Waals surface area contributed by atoms with Gasteiger partial charge in [0.25, 0.3) is 0 Å². The SMILES string of the molecule is CCNC(Cc1ccncc1)c1ccc(Br)cc1Cl. The van der Waals surface area contributed by atoms with Crippen LogP contribution in [-0.2, 0) is 6.42 Å². The van der Waals surface area contributed by atoms with Crippen LogP contribution in [0.15, 0.2) is 47.2 Å². The largest absolute Gasteiger partial charge is 0.310 e. The van der Waals surface area contributed by atoms with Crippen molar-refractivity contribution < 1.29 is 0 Å². The summed E-state index contributed by atoms with van der Waals surface area (Å²) in [6.45, 7) is 3.01. The Morgan fingerprint density at radius 3 is 2.63 bits per heavy atom. The van der Waals surface area contributed by atoms with Crippen LogP contribution in [0.3, 0.4) is 0 Å². The highest BCUT2D eigenvalue weighted by Gasteiger charge is 2.14. The van der Waals surface area contributed by atoms with Crippen LogP contribution in [0.4, 0.5) is 0 Å². The second-order valence-electron chi connectivity index (χ2n) is 4.34. The molecule has 0 aliphatic heterocycles. The number of nitrogens with zero attached hydrogens (tertiary/aromatic N) is 1. The molecule has 2 aromatic rings. The number of pyridine rings is 1. The summed E-state index contributed by atoms with van der Waals surface area (Å²) < 4.78 is 1.00. The summed E-state index contributed by atoms with van der Waals surface area (Å²) in [7, 11) is 0. The van der Waals surface area contributed by atoms with Crippen LogP contribution in [0, 0.1) is 0 Å². The van der Waals surface area contributed by atoms with E-state index in [4.69, 9.17) is 11.6 Å². The van der Waals surface area contributed by atoms with Gasteiger partial charge in [0.15, 0.2) is 0 Å². The summed E-state index contributed by atoms with van der Waals surface area (Å²) in [5.74, 6) is 0. The zero-order valence-electron chi connectivity index (χ0n) is 10.7. The predicted molar refractivity (Wildman–Crippen MR) is 83.5 cm³/mol. The normalized spacial score (nSPS) is 12.4. The van der Waals surface area contributed by atoms with Gasteiger partial charge in [-0.2, -0.15) is 0 Å². The maximum absolute atomic E-state index is 6.34. The minimum Gasteiger partial charge on any atom is -0.310 e. The van der Waals surface area contributed by atoms with Gasteiger partial charge in [-0.05, 0) is 48.4 Å². The van der Waals surface area contributed by atoms with E-state index < -0.39 is 0 Å². The quantitative estimate of drug-likeness (QED) is 0.874. The molecule has 0 amide bonds. The fourth-order valence-electron chi connectivity index (χ4n) is 2.08. The van der Waals surface area contributed by atoms with Gasteiger partial charge >= 0.3 is 0 Å². The highest BCUT2D eigenvalue weighted by Crippen LogP contribution is 2.28. The minimum absolute atomic E-state index is 0.216. The van der Waals surface area contributed by atoms with E-state index in [1.165, 1.54) is 5.56 Å². The van der Waals surface area contributed by atoms with Crippen molar-refractivity contribution in [3.63, 3.8) is 0 Å². The van der Waals surface area contributed by atoms with Crippen LogP contribution < -0.4 is 5.32 Å². The van der Waals surface area contributed by atoms with Crippen LogP contribution in [0.25, 0.3) is 0 Å². The third-order valence-electron chi connectivity index (χ3n) is 2.98. The molecular weight excluding hydrogens is 324 g/mol. The first-order valence-corrected chi connectivity index (χ1v) is 7.45. The van der Waals surface area contributed by atoms with E-state index in [-0.39, 0.29) is 6.04 Å². The fourth-order valence-corrected chi connectivity index (χ4v) is 2.88. The number of benzene rings is 1. The highest BCUT2D eigenvalue weighted by atomic mass is 79.9. The molecule has 0 saturated heterocycles. The Balaban J connectivity index is 2.24. The van der Waals surface area contributed by atoms with Crippen molar-refractivity contribution in [2.75, 3.05) is 6.54 Å². The second-order valence-corrected chi connectivity index (χ2v) is 5.66. The van der Waals surface area contributed by atoms with Crippen molar-refractivity contribution in [2.45, 2.75) is 19.4 Å². The van der Waals surface area contributed by atoms with E-state index in [2.05, 4.69) is 39.2 Å². The van der Waals surface area contributed by atoms with Gasteiger partial charge < -0.3 is 5.32 Å². The van der Waals surface area contributed by atoms with Crippen molar-refractivity contribution in [3.05, 3.63) is 63.3 Å². The Labute approximate surface area is 127 Å². The van der Waals surface area contributed by atoms with Gasteiger partial charge in [0.2, 0.25) is 0 Å². The summed E-state index contributed by atoms with van der Waals surface area (Å²) >= 11 is 9.78. The summed E-state index contributed by atoms with van der Waals surface area (Å²) in [4.78, 5) is 4.05. The third-order valence-corrected chi connectivity index (χ3v) is 3.80. The first-order valence-electron chi connectivity index (χ1n) is 6.28. The lowest BCUT2D eigenvalue weighted by atomic mass is 9.99. The van der Waals surface area contributed by atoms with Gasteiger partial charge in [-0.25, -0.2) is 0 Å². The van der Waals surface area contributed by atoms with Crippen molar-refractivity contribution in [2.24, 2.45) is 0 Å². The Hall–Kier alpha value is -0.900. The van der Waals surface area contributed by atoms with Crippen molar-refractivity contribution in [1.29, 1.82) is 0 Å². The smallest absolute Gasteiger partial charge is 0.0465 e. The molecule has 0 aliphatic carbocycles. The first kappa shape index (κ1) is 14.5. The molecule has 0 bridgehead atoms. The topological polar surface area (TPSA) is 24.9 Å². The molecule has 0 saturated carbocycles. The van der Waals surface area contributed by atoms with Gasteiger partial charge in [-0.1, -0.05) is 40.5 Å². The highest BCUT2D eigenvalue weighted by molar-refractivity contribution is 9.10. The van der Waals surface area contributed by atoms with E-state index in [1.54, 1.807) is 0 Å². The third kappa shape index (κ3) is 4.03. The first-order chi connectivity index (χ1) is 9.20. The average molecular weight is 340 g/mol. The summed E-state index contributed by atoms with van der Waals surface area (Å²) in [5.41, 5.74) is 2.38. The number of hydrogen-bond acceptors (Lipinski definition) is 2. The number of aromatic nitrogens is 1. The Kier molecular flexibility index (Phi) is 5.37. The average Bonchev–Trinajstić information content (AvgIpc) is 2.39. The molecular formula is C15H16BrClN2. The molecule has 1 heterocycles. The van der Waals surface area contributed by atoms with Crippen LogP contribution in [-0.4, -0.2) is 11.5 Å². The number of nitrogens with one attached hydrogen (secondary N) is 1. The molecule has 2 nitrogen and oxygen atoms in total. The number of likely N-dealkylation sites (N-methyl/N-ethyl adjacent to an activating group) is 1. The molecule has 0 fully saturated rings. The van der Waals surface area contributed by atoms with Crippen LogP contribution >= 0.6 is 27.5 Å². The lowest BCUT2D eigenvalue weighted by molar-refractivity contribution is 0.550. The molecule has 2 rings (SSSR count).